The van der Waals surface area contributed by atoms with Crippen molar-refractivity contribution in [1.29, 1.82) is 0 Å². The summed E-state index contributed by atoms with van der Waals surface area (Å²) in [6.45, 7) is 4.77. The Labute approximate surface area is 117 Å². The molecule has 1 aromatic rings. The molecule has 6 heteroatoms. The number of halogens is 1. The van der Waals surface area contributed by atoms with Crippen LogP contribution in [0.3, 0.4) is 0 Å². The highest BCUT2D eigenvalue weighted by molar-refractivity contribution is 5.92. The third kappa shape index (κ3) is 5.36. The molecule has 0 aliphatic carbocycles. The van der Waals surface area contributed by atoms with Crippen molar-refractivity contribution < 1.29 is 19.1 Å². The minimum Gasteiger partial charge on any atom is -0.478 e. The Morgan fingerprint density at radius 3 is 2.60 bits per heavy atom. The first kappa shape index (κ1) is 16.1. The molecule has 1 aromatic carbocycles. The van der Waals surface area contributed by atoms with Gasteiger partial charge in [0.1, 0.15) is 5.82 Å². The predicted octanol–water partition coefficient (Wildman–Crippen LogP) is 2.24. The van der Waals surface area contributed by atoms with Crippen LogP contribution >= 0.6 is 0 Å². The van der Waals surface area contributed by atoms with Gasteiger partial charge < -0.3 is 15.7 Å². The van der Waals surface area contributed by atoms with Gasteiger partial charge in [-0.25, -0.2) is 9.18 Å². The second-order valence-corrected chi connectivity index (χ2v) is 4.76. The topological polar surface area (TPSA) is 78.4 Å². The number of anilines is 1. The highest BCUT2D eigenvalue weighted by Crippen LogP contribution is 2.15. The first-order valence-electron chi connectivity index (χ1n) is 6.46. The average Bonchev–Trinajstić information content (AvgIpc) is 2.34. The average molecular weight is 282 g/mol. The lowest BCUT2D eigenvalue weighted by Gasteiger charge is -2.08. The number of hydrogen-bond donors (Lipinski definition) is 3. The summed E-state index contributed by atoms with van der Waals surface area (Å²) in [4.78, 5) is 22.3. The van der Waals surface area contributed by atoms with Gasteiger partial charge >= 0.3 is 5.97 Å². The van der Waals surface area contributed by atoms with E-state index >= 15 is 0 Å². The maximum absolute atomic E-state index is 13.4. The maximum Gasteiger partial charge on any atom is 0.338 e. The maximum atomic E-state index is 13.4. The SMILES string of the molecule is CC(C)NCCCC(=O)Nc1ccc(C(=O)O)c(F)c1. The lowest BCUT2D eigenvalue weighted by Crippen LogP contribution is -2.24. The molecule has 0 aromatic heterocycles. The first-order chi connectivity index (χ1) is 9.40. The summed E-state index contributed by atoms with van der Waals surface area (Å²) in [5.41, 5.74) is -0.154. The summed E-state index contributed by atoms with van der Waals surface area (Å²) >= 11 is 0. The van der Waals surface area contributed by atoms with Gasteiger partial charge in [-0.15, -0.1) is 0 Å². The fourth-order valence-corrected chi connectivity index (χ4v) is 1.63. The fourth-order valence-electron chi connectivity index (χ4n) is 1.63. The van der Waals surface area contributed by atoms with Crippen LogP contribution in [0.5, 0.6) is 0 Å². The number of carboxylic acid groups (broad SMARTS) is 1. The Bertz CT molecular complexity index is 489. The number of hydrogen-bond acceptors (Lipinski definition) is 3. The first-order valence-corrected chi connectivity index (χ1v) is 6.46. The molecule has 3 N–H and O–H groups in total. The van der Waals surface area contributed by atoms with E-state index < -0.39 is 17.3 Å². The number of rotatable bonds is 7. The lowest BCUT2D eigenvalue weighted by molar-refractivity contribution is -0.116. The molecule has 1 amide bonds. The van der Waals surface area contributed by atoms with E-state index in [2.05, 4.69) is 10.6 Å². The Morgan fingerprint density at radius 1 is 1.35 bits per heavy atom. The molecule has 0 radical (unpaired) electrons. The minimum absolute atomic E-state index is 0.224. The van der Waals surface area contributed by atoms with Gasteiger partial charge in [0.15, 0.2) is 0 Å². The monoisotopic (exact) mass is 282 g/mol. The van der Waals surface area contributed by atoms with Gasteiger partial charge in [0.05, 0.1) is 5.56 Å². The van der Waals surface area contributed by atoms with Gasteiger partial charge in [-0.2, -0.15) is 0 Å². The van der Waals surface area contributed by atoms with Gasteiger partial charge in [0, 0.05) is 18.2 Å². The number of carboxylic acids is 1. The van der Waals surface area contributed by atoms with Crippen molar-refractivity contribution in [1.82, 2.24) is 5.32 Å². The Kier molecular flexibility index (Phi) is 6.11. The van der Waals surface area contributed by atoms with Crippen LogP contribution in [0.1, 0.15) is 37.0 Å². The Hall–Kier alpha value is -1.95. The third-order valence-corrected chi connectivity index (χ3v) is 2.62. The van der Waals surface area contributed by atoms with Crippen molar-refractivity contribution in [3.05, 3.63) is 29.6 Å². The summed E-state index contributed by atoms with van der Waals surface area (Å²) < 4.78 is 13.4. The molecule has 0 aliphatic rings. The molecule has 0 spiro atoms. The largest absolute Gasteiger partial charge is 0.478 e. The number of benzene rings is 1. The predicted molar refractivity (Wildman–Crippen MR) is 74.4 cm³/mol. The quantitative estimate of drug-likeness (QED) is 0.670. The van der Waals surface area contributed by atoms with Crippen molar-refractivity contribution >= 4 is 17.6 Å². The number of nitrogens with one attached hydrogen (secondary N) is 2. The van der Waals surface area contributed by atoms with Crippen LogP contribution in [0, 0.1) is 5.82 Å². The van der Waals surface area contributed by atoms with Crippen LogP contribution in [0.25, 0.3) is 0 Å². The van der Waals surface area contributed by atoms with E-state index in [-0.39, 0.29) is 11.6 Å². The van der Waals surface area contributed by atoms with Gasteiger partial charge in [-0.3, -0.25) is 4.79 Å². The van der Waals surface area contributed by atoms with Gasteiger partial charge in [-0.1, -0.05) is 13.8 Å². The molecule has 0 heterocycles. The number of amides is 1. The number of carbonyl (C=O) groups is 2. The molecule has 0 bridgehead atoms. The molecule has 0 saturated heterocycles. The van der Waals surface area contributed by atoms with Crippen molar-refractivity contribution in [2.75, 3.05) is 11.9 Å². The molecule has 5 nitrogen and oxygen atoms in total. The molecule has 0 atom stereocenters. The van der Waals surface area contributed by atoms with E-state index in [1.165, 1.54) is 6.07 Å². The number of carbonyl (C=O) groups excluding carboxylic acids is 1. The molecule has 0 unspecified atom stereocenters. The van der Waals surface area contributed by atoms with E-state index in [1.54, 1.807) is 0 Å². The highest BCUT2D eigenvalue weighted by atomic mass is 19.1. The zero-order chi connectivity index (χ0) is 15.1. The van der Waals surface area contributed by atoms with E-state index in [0.717, 1.165) is 18.7 Å². The van der Waals surface area contributed by atoms with Crippen molar-refractivity contribution in [2.24, 2.45) is 0 Å². The van der Waals surface area contributed by atoms with Crippen LogP contribution in [-0.2, 0) is 4.79 Å². The van der Waals surface area contributed by atoms with Crippen LogP contribution < -0.4 is 10.6 Å². The summed E-state index contributed by atoms with van der Waals surface area (Å²) in [5.74, 6) is -2.42. The van der Waals surface area contributed by atoms with E-state index in [9.17, 15) is 14.0 Å². The van der Waals surface area contributed by atoms with Crippen LogP contribution in [0.2, 0.25) is 0 Å². The third-order valence-electron chi connectivity index (χ3n) is 2.62. The van der Waals surface area contributed by atoms with Crippen molar-refractivity contribution in [3.8, 4) is 0 Å². The van der Waals surface area contributed by atoms with E-state index in [1.807, 2.05) is 13.8 Å². The zero-order valence-electron chi connectivity index (χ0n) is 11.6. The van der Waals surface area contributed by atoms with Crippen LogP contribution in [0.15, 0.2) is 18.2 Å². The highest BCUT2D eigenvalue weighted by Gasteiger charge is 2.11. The molecule has 0 aliphatic heterocycles. The molecular formula is C14H19FN2O3. The summed E-state index contributed by atoms with van der Waals surface area (Å²) in [5, 5.41) is 14.4. The molecule has 0 saturated carbocycles. The summed E-state index contributed by atoms with van der Waals surface area (Å²) in [6, 6.07) is 3.88. The number of aromatic carboxylic acids is 1. The van der Waals surface area contributed by atoms with Gasteiger partial charge in [-0.05, 0) is 31.2 Å². The molecule has 0 fully saturated rings. The minimum atomic E-state index is -1.33. The standard InChI is InChI=1S/C14H19FN2O3/c1-9(2)16-7-3-4-13(18)17-10-5-6-11(14(19)20)12(15)8-10/h5-6,8-9,16H,3-4,7H2,1-2H3,(H,17,18)(H,19,20). The van der Waals surface area contributed by atoms with Crippen molar-refractivity contribution in [2.45, 2.75) is 32.7 Å². The van der Waals surface area contributed by atoms with Crippen molar-refractivity contribution in [3.63, 3.8) is 0 Å². The second kappa shape index (κ2) is 7.59. The summed E-state index contributed by atoms with van der Waals surface area (Å²) in [7, 11) is 0. The summed E-state index contributed by atoms with van der Waals surface area (Å²) in [6.07, 6.45) is 1.00. The molecule has 20 heavy (non-hydrogen) atoms. The molecule has 1 rings (SSSR count). The lowest BCUT2D eigenvalue weighted by atomic mass is 10.2. The van der Waals surface area contributed by atoms with Gasteiger partial charge in [0.25, 0.3) is 0 Å². The Morgan fingerprint density at radius 2 is 2.05 bits per heavy atom. The fraction of sp³-hybridized carbons (Fsp3) is 0.429. The molecular weight excluding hydrogens is 263 g/mol. The van der Waals surface area contributed by atoms with Crippen LogP contribution in [-0.4, -0.2) is 29.6 Å². The second-order valence-electron chi connectivity index (χ2n) is 4.76. The van der Waals surface area contributed by atoms with Gasteiger partial charge in [0.2, 0.25) is 5.91 Å². The van der Waals surface area contributed by atoms with Crippen LogP contribution in [0.4, 0.5) is 10.1 Å². The van der Waals surface area contributed by atoms with E-state index in [4.69, 9.17) is 5.11 Å². The zero-order valence-corrected chi connectivity index (χ0v) is 11.6. The van der Waals surface area contributed by atoms with E-state index in [0.29, 0.717) is 18.9 Å². The molecule has 110 valence electrons. The normalized spacial score (nSPS) is 10.6. The Balaban J connectivity index is 2.46. The smallest absolute Gasteiger partial charge is 0.338 e.